The fraction of sp³-hybridized carbons (Fsp3) is 0.615. The fourth-order valence-electron chi connectivity index (χ4n) is 2.30. The predicted molar refractivity (Wildman–Crippen MR) is 70.4 cm³/mol. The zero-order valence-electron chi connectivity index (χ0n) is 11.6. The molecule has 1 aliphatic heterocycles. The standard InChI is InChI=1S/C13H20N4O2/c1-9(2)17-12(18)6-11(13(17)19)14-4-5-16-8-10(3)7-15-16/h7-9,11,14H,4-6H2,1-3H3. The van der Waals surface area contributed by atoms with Crippen LogP contribution in [0.1, 0.15) is 25.8 Å². The Labute approximate surface area is 112 Å². The summed E-state index contributed by atoms with van der Waals surface area (Å²) in [5.41, 5.74) is 1.11. The van der Waals surface area contributed by atoms with Crippen LogP contribution in [0.5, 0.6) is 0 Å². The number of nitrogens with one attached hydrogen (secondary N) is 1. The summed E-state index contributed by atoms with van der Waals surface area (Å²) in [5.74, 6) is -0.205. The van der Waals surface area contributed by atoms with E-state index in [0.717, 1.165) is 5.56 Å². The van der Waals surface area contributed by atoms with E-state index >= 15 is 0 Å². The minimum absolute atomic E-state index is 0.0689. The summed E-state index contributed by atoms with van der Waals surface area (Å²) in [7, 11) is 0. The summed E-state index contributed by atoms with van der Waals surface area (Å²) in [6.07, 6.45) is 4.00. The van der Waals surface area contributed by atoms with E-state index in [4.69, 9.17) is 0 Å². The lowest BCUT2D eigenvalue weighted by Crippen LogP contribution is -2.42. The number of carbonyl (C=O) groups is 2. The molecule has 1 N–H and O–H groups in total. The molecular formula is C13H20N4O2. The average molecular weight is 264 g/mol. The monoisotopic (exact) mass is 264 g/mol. The van der Waals surface area contributed by atoms with Crippen LogP contribution >= 0.6 is 0 Å². The molecule has 0 saturated carbocycles. The van der Waals surface area contributed by atoms with Crippen LogP contribution in [-0.4, -0.2) is 45.1 Å². The second-order valence-corrected chi connectivity index (χ2v) is 5.19. The molecule has 1 atom stereocenters. The van der Waals surface area contributed by atoms with Crippen molar-refractivity contribution in [2.45, 2.75) is 45.8 Å². The molecule has 6 heteroatoms. The number of amides is 2. The second kappa shape index (κ2) is 5.52. The molecule has 1 saturated heterocycles. The van der Waals surface area contributed by atoms with Gasteiger partial charge < -0.3 is 5.32 Å². The third-order valence-corrected chi connectivity index (χ3v) is 3.19. The van der Waals surface area contributed by atoms with Crippen molar-refractivity contribution in [1.82, 2.24) is 20.0 Å². The number of rotatable bonds is 5. The van der Waals surface area contributed by atoms with Crippen LogP contribution in [0, 0.1) is 6.92 Å². The maximum atomic E-state index is 12.0. The van der Waals surface area contributed by atoms with E-state index in [1.807, 2.05) is 31.6 Å². The number of aromatic nitrogens is 2. The highest BCUT2D eigenvalue weighted by Crippen LogP contribution is 2.15. The second-order valence-electron chi connectivity index (χ2n) is 5.19. The summed E-state index contributed by atoms with van der Waals surface area (Å²) in [6.45, 7) is 7.00. The quantitative estimate of drug-likeness (QED) is 0.778. The largest absolute Gasteiger partial charge is 0.304 e. The molecule has 0 aromatic carbocycles. The van der Waals surface area contributed by atoms with Crippen molar-refractivity contribution < 1.29 is 9.59 Å². The van der Waals surface area contributed by atoms with E-state index < -0.39 is 0 Å². The Morgan fingerprint density at radius 3 is 2.74 bits per heavy atom. The van der Waals surface area contributed by atoms with E-state index in [2.05, 4.69) is 10.4 Å². The number of imide groups is 1. The predicted octanol–water partition coefficient (Wildman–Crippen LogP) is 0.317. The van der Waals surface area contributed by atoms with Crippen molar-refractivity contribution in [2.75, 3.05) is 6.54 Å². The van der Waals surface area contributed by atoms with Crippen LogP contribution in [0.2, 0.25) is 0 Å². The van der Waals surface area contributed by atoms with Gasteiger partial charge in [-0.15, -0.1) is 0 Å². The van der Waals surface area contributed by atoms with E-state index in [9.17, 15) is 9.59 Å². The summed E-state index contributed by atoms with van der Waals surface area (Å²) >= 11 is 0. The van der Waals surface area contributed by atoms with Gasteiger partial charge in [-0.1, -0.05) is 0 Å². The summed E-state index contributed by atoms with van der Waals surface area (Å²) in [5, 5.41) is 7.30. The Morgan fingerprint density at radius 1 is 1.47 bits per heavy atom. The molecule has 1 unspecified atom stereocenters. The lowest BCUT2D eigenvalue weighted by Gasteiger charge is -2.19. The Bertz CT molecular complexity index is 481. The highest BCUT2D eigenvalue weighted by molar-refractivity contribution is 6.05. The Kier molecular flexibility index (Phi) is 3.99. The summed E-state index contributed by atoms with van der Waals surface area (Å²) in [4.78, 5) is 25.1. The number of nitrogens with zero attached hydrogens (tertiary/aromatic N) is 3. The van der Waals surface area contributed by atoms with Crippen LogP contribution in [0.3, 0.4) is 0 Å². The fourth-order valence-corrected chi connectivity index (χ4v) is 2.30. The van der Waals surface area contributed by atoms with E-state index in [1.165, 1.54) is 4.90 Å². The Balaban J connectivity index is 1.84. The number of carbonyl (C=O) groups excluding carboxylic acids is 2. The maximum absolute atomic E-state index is 12.0. The minimum atomic E-state index is -0.383. The Morgan fingerprint density at radius 2 is 2.21 bits per heavy atom. The van der Waals surface area contributed by atoms with Crippen LogP contribution < -0.4 is 5.32 Å². The lowest BCUT2D eigenvalue weighted by molar-refractivity contribution is -0.140. The highest BCUT2D eigenvalue weighted by Gasteiger charge is 2.39. The average Bonchev–Trinajstić information content (AvgIpc) is 2.84. The van der Waals surface area contributed by atoms with Gasteiger partial charge in [0.25, 0.3) is 0 Å². The Hall–Kier alpha value is -1.69. The zero-order chi connectivity index (χ0) is 14.0. The topological polar surface area (TPSA) is 67.2 Å². The molecule has 1 aromatic heterocycles. The lowest BCUT2D eigenvalue weighted by atomic mass is 10.2. The first-order valence-electron chi connectivity index (χ1n) is 6.57. The van der Waals surface area contributed by atoms with Gasteiger partial charge in [0, 0.05) is 18.8 Å². The molecule has 1 fully saturated rings. The highest BCUT2D eigenvalue weighted by atomic mass is 16.2. The number of aryl methyl sites for hydroxylation is 1. The molecule has 0 aliphatic carbocycles. The third-order valence-electron chi connectivity index (χ3n) is 3.19. The molecule has 104 valence electrons. The van der Waals surface area contributed by atoms with Gasteiger partial charge in [0.1, 0.15) is 0 Å². The number of likely N-dealkylation sites (tertiary alicyclic amines) is 1. The van der Waals surface area contributed by atoms with E-state index in [0.29, 0.717) is 13.1 Å². The van der Waals surface area contributed by atoms with E-state index in [1.54, 1.807) is 6.20 Å². The SMILES string of the molecule is Cc1cnn(CCNC2CC(=O)N(C(C)C)C2=O)c1. The van der Waals surface area contributed by atoms with Crippen LogP contribution in [0.25, 0.3) is 0 Å². The van der Waals surface area contributed by atoms with Crippen molar-refractivity contribution in [3.8, 4) is 0 Å². The molecule has 2 rings (SSSR count). The number of hydrogen-bond acceptors (Lipinski definition) is 4. The van der Waals surface area contributed by atoms with Crippen molar-refractivity contribution in [3.63, 3.8) is 0 Å². The molecule has 1 aromatic rings. The normalized spacial score (nSPS) is 19.8. The van der Waals surface area contributed by atoms with Crippen LogP contribution in [-0.2, 0) is 16.1 Å². The molecule has 19 heavy (non-hydrogen) atoms. The molecule has 1 aliphatic rings. The smallest absolute Gasteiger partial charge is 0.247 e. The van der Waals surface area contributed by atoms with Crippen LogP contribution in [0.4, 0.5) is 0 Å². The van der Waals surface area contributed by atoms with Gasteiger partial charge in [0.2, 0.25) is 11.8 Å². The van der Waals surface area contributed by atoms with Gasteiger partial charge in [-0.25, -0.2) is 0 Å². The van der Waals surface area contributed by atoms with Gasteiger partial charge in [-0.2, -0.15) is 5.10 Å². The number of hydrogen-bond donors (Lipinski definition) is 1. The third kappa shape index (κ3) is 3.01. The molecule has 2 amide bonds. The minimum Gasteiger partial charge on any atom is -0.304 e. The maximum Gasteiger partial charge on any atom is 0.247 e. The van der Waals surface area contributed by atoms with Crippen molar-refractivity contribution in [3.05, 3.63) is 18.0 Å². The summed E-state index contributed by atoms with van der Waals surface area (Å²) in [6, 6.07) is -0.452. The van der Waals surface area contributed by atoms with Gasteiger partial charge >= 0.3 is 0 Å². The molecule has 6 nitrogen and oxygen atoms in total. The van der Waals surface area contributed by atoms with Gasteiger partial charge in [-0.3, -0.25) is 19.2 Å². The molecular weight excluding hydrogens is 244 g/mol. The van der Waals surface area contributed by atoms with Gasteiger partial charge in [0.15, 0.2) is 0 Å². The van der Waals surface area contributed by atoms with Crippen molar-refractivity contribution in [2.24, 2.45) is 0 Å². The van der Waals surface area contributed by atoms with Gasteiger partial charge in [0.05, 0.1) is 25.2 Å². The van der Waals surface area contributed by atoms with Crippen molar-refractivity contribution in [1.29, 1.82) is 0 Å². The van der Waals surface area contributed by atoms with Crippen molar-refractivity contribution >= 4 is 11.8 Å². The zero-order valence-corrected chi connectivity index (χ0v) is 11.6. The summed E-state index contributed by atoms with van der Waals surface area (Å²) < 4.78 is 1.82. The molecule has 0 bridgehead atoms. The first kappa shape index (κ1) is 13.7. The first-order chi connectivity index (χ1) is 8.99. The van der Waals surface area contributed by atoms with Gasteiger partial charge in [-0.05, 0) is 26.3 Å². The van der Waals surface area contributed by atoms with Crippen LogP contribution in [0.15, 0.2) is 12.4 Å². The molecule has 2 heterocycles. The molecule has 0 radical (unpaired) electrons. The van der Waals surface area contributed by atoms with E-state index in [-0.39, 0.29) is 30.3 Å². The molecule has 0 spiro atoms. The first-order valence-corrected chi connectivity index (χ1v) is 6.57.